The number of nitrogens with one attached hydrogen (secondary N) is 2. The fraction of sp³-hybridized carbons (Fsp3) is 0.400. The number of benzene rings is 2. The van der Waals surface area contributed by atoms with Gasteiger partial charge in [0.25, 0.3) is 0 Å². The second kappa shape index (κ2) is 22.2. The van der Waals surface area contributed by atoms with Crippen molar-refractivity contribution in [3.8, 4) is 34.6 Å². The van der Waals surface area contributed by atoms with E-state index in [9.17, 15) is 15.0 Å². The van der Waals surface area contributed by atoms with Gasteiger partial charge in [-0.15, -0.1) is 0 Å². The highest BCUT2D eigenvalue weighted by atomic mass is 32.1. The van der Waals surface area contributed by atoms with E-state index in [1.165, 1.54) is 27.8 Å². The number of carboxylic acids is 1. The van der Waals surface area contributed by atoms with Gasteiger partial charge in [0.15, 0.2) is 0 Å². The van der Waals surface area contributed by atoms with Crippen LogP contribution in [0, 0.1) is 0 Å². The van der Waals surface area contributed by atoms with Gasteiger partial charge in [0.1, 0.15) is 12.2 Å². The number of methoxy groups -OCH3 is 2. The SMILES string of the molecule is COc1nc(OC2CCc3c(-c4cccc5c4CCC5Oc4ccc(CNC[C@H](C)O)c(OC)n4)cccc32)ccc1CNC[C@@H](O)CC(=O)O.O=C=O.S.S. The molecule has 2 heterocycles. The van der Waals surface area contributed by atoms with Crippen LogP contribution in [0.15, 0.2) is 60.7 Å². The van der Waals surface area contributed by atoms with E-state index in [4.69, 9.17) is 33.6 Å². The highest BCUT2D eigenvalue weighted by Gasteiger charge is 2.31. The fourth-order valence-corrected chi connectivity index (χ4v) is 6.99. The number of rotatable bonds is 17. The largest absolute Gasteiger partial charge is 0.481 e. The molecule has 14 nitrogen and oxygen atoms in total. The summed E-state index contributed by atoms with van der Waals surface area (Å²) >= 11 is 0. The quantitative estimate of drug-likeness (QED) is 0.101. The summed E-state index contributed by atoms with van der Waals surface area (Å²) in [6.07, 6.45) is 1.65. The molecule has 2 aliphatic carbocycles. The van der Waals surface area contributed by atoms with E-state index < -0.39 is 18.2 Å². The summed E-state index contributed by atoms with van der Waals surface area (Å²) in [7, 11) is 3.14. The van der Waals surface area contributed by atoms with E-state index in [2.05, 4.69) is 57.0 Å². The van der Waals surface area contributed by atoms with Crippen molar-refractivity contribution in [2.45, 2.75) is 76.5 Å². The van der Waals surface area contributed by atoms with E-state index in [-0.39, 0.29) is 58.3 Å². The first-order valence-electron chi connectivity index (χ1n) is 17.8. The normalized spacial score (nSPS) is 15.9. The molecule has 302 valence electrons. The minimum absolute atomic E-state index is 0. The van der Waals surface area contributed by atoms with Crippen molar-refractivity contribution in [1.82, 2.24) is 20.6 Å². The van der Waals surface area contributed by atoms with E-state index >= 15 is 0 Å². The molecule has 0 bridgehead atoms. The summed E-state index contributed by atoms with van der Waals surface area (Å²) in [5.74, 6) is 0.833. The molecular formula is C40H50N4O10S2. The summed E-state index contributed by atoms with van der Waals surface area (Å²) in [5.41, 5.74) is 8.97. The first-order valence-corrected chi connectivity index (χ1v) is 17.8. The highest BCUT2D eigenvalue weighted by Crippen LogP contribution is 2.45. The predicted molar refractivity (Wildman–Crippen MR) is 216 cm³/mol. The number of nitrogens with zero attached hydrogens (tertiary/aromatic N) is 2. The van der Waals surface area contributed by atoms with Crippen LogP contribution >= 0.6 is 27.0 Å². The summed E-state index contributed by atoms with van der Waals surface area (Å²) in [6, 6.07) is 20.4. The molecular weight excluding hydrogens is 761 g/mol. The van der Waals surface area contributed by atoms with Crippen molar-refractivity contribution in [1.29, 1.82) is 0 Å². The molecule has 16 heteroatoms. The number of aliphatic hydroxyl groups is 2. The summed E-state index contributed by atoms with van der Waals surface area (Å²) in [6.45, 7) is 3.25. The minimum atomic E-state index is -1.05. The van der Waals surface area contributed by atoms with Crippen LogP contribution in [0.5, 0.6) is 23.5 Å². The molecule has 2 aromatic heterocycles. The molecule has 56 heavy (non-hydrogen) atoms. The third-order valence-electron chi connectivity index (χ3n) is 9.32. The molecule has 4 atom stereocenters. The lowest BCUT2D eigenvalue weighted by Crippen LogP contribution is -2.28. The number of pyridine rings is 2. The van der Waals surface area contributed by atoms with Crippen LogP contribution in [0.25, 0.3) is 11.1 Å². The molecule has 0 saturated heterocycles. The highest BCUT2D eigenvalue weighted by molar-refractivity contribution is 7.59. The Kier molecular flexibility index (Phi) is 18.1. The van der Waals surface area contributed by atoms with Gasteiger partial charge in [-0.25, -0.2) is 0 Å². The van der Waals surface area contributed by atoms with Gasteiger partial charge in [-0.2, -0.15) is 46.5 Å². The zero-order valence-electron chi connectivity index (χ0n) is 31.5. The van der Waals surface area contributed by atoms with Crippen LogP contribution in [0.4, 0.5) is 0 Å². The third-order valence-corrected chi connectivity index (χ3v) is 9.32. The second-order valence-electron chi connectivity index (χ2n) is 13.1. The third kappa shape index (κ3) is 11.7. The van der Waals surface area contributed by atoms with Crippen molar-refractivity contribution in [3.05, 3.63) is 94.0 Å². The maximum Gasteiger partial charge on any atom is 0.373 e. The van der Waals surface area contributed by atoms with E-state index in [0.717, 1.165) is 42.4 Å². The van der Waals surface area contributed by atoms with Gasteiger partial charge in [0.05, 0.1) is 32.8 Å². The maximum absolute atomic E-state index is 10.8. The predicted octanol–water partition coefficient (Wildman–Crippen LogP) is 4.33. The molecule has 0 saturated carbocycles. The van der Waals surface area contributed by atoms with Crippen LogP contribution < -0.4 is 29.6 Å². The number of aliphatic carboxylic acids is 1. The number of hydrogen-bond donors (Lipinski definition) is 5. The van der Waals surface area contributed by atoms with Crippen molar-refractivity contribution in [2.75, 3.05) is 27.3 Å². The standard InChI is InChI=1S/C39H46N4O8.CO2.2H2S/c1-23(44)19-40-20-24-10-16-35(42-38(24)48-2)50-33-14-12-29-27(6-4-8-31(29)33)28-7-5-9-32-30(28)13-15-34(32)51-36-17-11-25(39(43-36)49-3)21-41-22-26(45)18-37(46)47;2-1-3;;/h4-11,16-17,23,26,33-34,40-41,44-45H,12-15,18-22H2,1-3H3,(H,46,47);;2*1H2/t23-,26-,33?,34?;;;/m0.../s1. The van der Waals surface area contributed by atoms with Gasteiger partial charge >= 0.3 is 12.1 Å². The number of aromatic nitrogens is 2. The van der Waals surface area contributed by atoms with Crippen LogP contribution in [0.1, 0.15) is 71.8 Å². The van der Waals surface area contributed by atoms with Crippen LogP contribution in [0.2, 0.25) is 0 Å². The molecule has 0 aliphatic heterocycles. The Morgan fingerprint density at radius 2 is 1.21 bits per heavy atom. The number of carboxylic acid groups (broad SMARTS) is 1. The van der Waals surface area contributed by atoms with Crippen molar-refractivity contribution in [2.24, 2.45) is 0 Å². The maximum atomic E-state index is 10.8. The first kappa shape index (κ1) is 45.7. The molecule has 0 spiro atoms. The van der Waals surface area contributed by atoms with Crippen LogP contribution in [-0.4, -0.2) is 76.9 Å². The van der Waals surface area contributed by atoms with Gasteiger partial charge in [-0.3, -0.25) is 4.79 Å². The molecule has 2 aliphatic rings. The lowest BCUT2D eigenvalue weighted by Gasteiger charge is -2.18. The van der Waals surface area contributed by atoms with Gasteiger partial charge in [0.2, 0.25) is 23.5 Å². The molecule has 2 unspecified atom stereocenters. The summed E-state index contributed by atoms with van der Waals surface area (Å²) in [4.78, 5) is 36.3. The van der Waals surface area contributed by atoms with Gasteiger partial charge in [0, 0.05) is 49.4 Å². The van der Waals surface area contributed by atoms with Gasteiger partial charge < -0.3 is 44.9 Å². The number of hydrogen-bond acceptors (Lipinski definition) is 13. The molecule has 4 aromatic rings. The fourth-order valence-electron chi connectivity index (χ4n) is 6.99. The zero-order chi connectivity index (χ0) is 38.6. The molecule has 5 N–H and O–H groups in total. The van der Waals surface area contributed by atoms with Gasteiger partial charge in [-0.1, -0.05) is 36.4 Å². The second-order valence-corrected chi connectivity index (χ2v) is 13.1. The average Bonchev–Trinajstić information content (AvgIpc) is 3.76. The number of ether oxygens (including phenoxy) is 4. The Morgan fingerprint density at radius 1 is 0.768 bits per heavy atom. The van der Waals surface area contributed by atoms with E-state index in [0.29, 0.717) is 43.2 Å². The first-order chi connectivity index (χ1) is 26.1. The lowest BCUT2D eigenvalue weighted by atomic mass is 9.91. The summed E-state index contributed by atoms with van der Waals surface area (Å²) in [5, 5.41) is 34.5. The topological polar surface area (TPSA) is 199 Å². The molecule has 0 radical (unpaired) electrons. The van der Waals surface area contributed by atoms with Crippen LogP contribution in [-0.2, 0) is 40.3 Å². The number of aliphatic hydroxyl groups excluding tert-OH is 2. The average molecular weight is 811 g/mol. The monoisotopic (exact) mass is 810 g/mol. The van der Waals surface area contributed by atoms with Crippen LogP contribution in [0.3, 0.4) is 0 Å². The molecule has 0 amide bonds. The number of fused-ring (bicyclic) bond motifs is 2. The van der Waals surface area contributed by atoms with Crippen molar-refractivity contribution < 1.29 is 48.7 Å². The van der Waals surface area contributed by atoms with Gasteiger partial charge in [-0.05, 0) is 78.1 Å². The number of carbonyl (C=O) groups is 1. The molecule has 0 fully saturated rings. The minimum Gasteiger partial charge on any atom is -0.481 e. The Bertz CT molecular complexity index is 1940. The molecule has 6 rings (SSSR count). The van der Waals surface area contributed by atoms with Crippen molar-refractivity contribution >= 4 is 39.1 Å². The molecule has 2 aromatic carbocycles. The zero-order valence-corrected chi connectivity index (χ0v) is 33.5. The lowest BCUT2D eigenvalue weighted by molar-refractivity contribution is -0.191. The van der Waals surface area contributed by atoms with E-state index in [1.807, 2.05) is 24.3 Å². The van der Waals surface area contributed by atoms with E-state index in [1.54, 1.807) is 21.1 Å². The Balaban J connectivity index is 0.00000163. The number of carbonyl (C=O) groups excluding carboxylic acids is 2. The smallest absolute Gasteiger partial charge is 0.373 e. The Hall–Kier alpha value is -4.67. The summed E-state index contributed by atoms with van der Waals surface area (Å²) < 4.78 is 24.0. The Morgan fingerprint density at radius 3 is 1.62 bits per heavy atom. The van der Waals surface area contributed by atoms with Crippen molar-refractivity contribution in [3.63, 3.8) is 0 Å². The Labute approximate surface area is 339 Å².